The lowest BCUT2D eigenvalue weighted by atomic mass is 10.0. The van der Waals surface area contributed by atoms with Crippen molar-refractivity contribution in [3.8, 4) is 0 Å². The highest BCUT2D eigenvalue weighted by atomic mass is 35.5. The van der Waals surface area contributed by atoms with E-state index in [0.717, 1.165) is 17.7 Å². The highest BCUT2D eigenvalue weighted by molar-refractivity contribution is 6.30. The van der Waals surface area contributed by atoms with Gasteiger partial charge in [-0.15, -0.1) is 16.7 Å². The van der Waals surface area contributed by atoms with Gasteiger partial charge in [0.25, 0.3) is 0 Å². The number of nitrogens with zero attached hydrogens (tertiary/aromatic N) is 3. The lowest BCUT2D eigenvalue weighted by Crippen LogP contribution is -2.22. The van der Waals surface area contributed by atoms with Crippen molar-refractivity contribution < 1.29 is 0 Å². The summed E-state index contributed by atoms with van der Waals surface area (Å²) in [4.78, 5) is -0.567. The van der Waals surface area contributed by atoms with E-state index in [9.17, 15) is 0 Å². The SMILES string of the molecule is CC(Cl)(Cn1cc(Cc2ccccc2)nn1)c1ccc(Cl)cc1. The molecule has 0 spiro atoms. The molecule has 0 radical (unpaired) electrons. The minimum absolute atomic E-state index is 0.540. The summed E-state index contributed by atoms with van der Waals surface area (Å²) in [6.45, 7) is 2.51. The Kier molecular flexibility index (Phi) is 4.69. The summed E-state index contributed by atoms with van der Waals surface area (Å²) in [5, 5.41) is 9.13. The molecule has 0 saturated heterocycles. The molecule has 0 aliphatic heterocycles. The largest absolute Gasteiger partial charge is 0.250 e. The molecule has 1 unspecified atom stereocenters. The van der Waals surface area contributed by atoms with Crippen molar-refractivity contribution in [1.29, 1.82) is 0 Å². The van der Waals surface area contributed by atoms with Crippen LogP contribution in [-0.2, 0) is 17.8 Å². The van der Waals surface area contributed by atoms with Crippen LogP contribution in [0.3, 0.4) is 0 Å². The molecule has 0 saturated carbocycles. The number of hydrogen-bond acceptors (Lipinski definition) is 2. The molecular weight excluding hydrogens is 329 g/mol. The Bertz CT molecular complexity index is 764. The average molecular weight is 346 g/mol. The minimum Gasteiger partial charge on any atom is -0.250 e. The van der Waals surface area contributed by atoms with E-state index >= 15 is 0 Å². The normalized spacial score (nSPS) is 13.7. The molecule has 0 aliphatic carbocycles. The first-order chi connectivity index (χ1) is 11.0. The van der Waals surface area contributed by atoms with E-state index in [4.69, 9.17) is 23.2 Å². The molecule has 1 heterocycles. The molecule has 1 atom stereocenters. The lowest BCUT2D eigenvalue weighted by Gasteiger charge is -2.22. The summed E-state index contributed by atoms with van der Waals surface area (Å²) < 4.78 is 1.79. The number of benzene rings is 2. The van der Waals surface area contributed by atoms with Gasteiger partial charge in [0.1, 0.15) is 0 Å². The van der Waals surface area contributed by atoms with Crippen LogP contribution in [-0.4, -0.2) is 15.0 Å². The highest BCUT2D eigenvalue weighted by Gasteiger charge is 2.25. The van der Waals surface area contributed by atoms with Gasteiger partial charge in [-0.25, -0.2) is 0 Å². The maximum Gasteiger partial charge on any atom is 0.0870 e. The van der Waals surface area contributed by atoms with E-state index in [2.05, 4.69) is 22.4 Å². The Hall–Kier alpha value is -1.84. The fourth-order valence-electron chi connectivity index (χ4n) is 2.49. The van der Waals surface area contributed by atoms with Gasteiger partial charge < -0.3 is 0 Å². The van der Waals surface area contributed by atoms with Gasteiger partial charge in [-0.1, -0.05) is 59.3 Å². The molecule has 0 aliphatic rings. The number of aromatic nitrogens is 3. The van der Waals surface area contributed by atoms with E-state index in [-0.39, 0.29) is 0 Å². The summed E-state index contributed by atoms with van der Waals surface area (Å²) >= 11 is 12.6. The first-order valence-corrected chi connectivity index (χ1v) is 8.16. The zero-order valence-electron chi connectivity index (χ0n) is 12.8. The summed E-state index contributed by atoms with van der Waals surface area (Å²) in [5.74, 6) is 0. The van der Waals surface area contributed by atoms with Crippen LogP contribution in [0.4, 0.5) is 0 Å². The van der Waals surface area contributed by atoms with Crippen molar-refractivity contribution in [1.82, 2.24) is 15.0 Å². The molecule has 2 aromatic carbocycles. The fourth-order valence-corrected chi connectivity index (χ4v) is 2.87. The molecule has 5 heteroatoms. The number of rotatable bonds is 5. The fraction of sp³-hybridized carbons (Fsp3) is 0.222. The molecule has 3 rings (SSSR count). The van der Waals surface area contributed by atoms with Gasteiger partial charge in [-0.3, -0.25) is 4.68 Å². The predicted octanol–water partition coefficient (Wildman–Crippen LogP) is 4.68. The number of hydrogen-bond donors (Lipinski definition) is 0. The summed E-state index contributed by atoms with van der Waals surface area (Å²) in [6.07, 6.45) is 2.71. The van der Waals surface area contributed by atoms with Crippen molar-refractivity contribution in [3.05, 3.63) is 82.6 Å². The Labute approximate surface area is 145 Å². The highest BCUT2D eigenvalue weighted by Crippen LogP contribution is 2.31. The van der Waals surface area contributed by atoms with Crippen LogP contribution < -0.4 is 0 Å². The zero-order chi connectivity index (χ0) is 16.3. The Morgan fingerprint density at radius 2 is 1.74 bits per heavy atom. The average Bonchev–Trinajstić information content (AvgIpc) is 2.95. The van der Waals surface area contributed by atoms with Crippen LogP contribution in [0, 0.1) is 0 Å². The van der Waals surface area contributed by atoms with E-state index < -0.39 is 4.87 Å². The monoisotopic (exact) mass is 345 g/mol. The summed E-state index contributed by atoms with van der Waals surface area (Å²) in [6, 6.07) is 17.8. The minimum atomic E-state index is -0.567. The first kappa shape index (κ1) is 16.0. The van der Waals surface area contributed by atoms with Gasteiger partial charge in [0, 0.05) is 17.6 Å². The second-order valence-electron chi connectivity index (χ2n) is 5.77. The van der Waals surface area contributed by atoms with Crippen molar-refractivity contribution in [2.45, 2.75) is 24.8 Å². The van der Waals surface area contributed by atoms with Gasteiger partial charge in [-0.05, 0) is 30.2 Å². The van der Waals surface area contributed by atoms with Crippen LogP contribution in [0.2, 0.25) is 5.02 Å². The molecule has 3 nitrogen and oxygen atoms in total. The first-order valence-electron chi connectivity index (χ1n) is 7.41. The van der Waals surface area contributed by atoms with Crippen LogP contribution in [0.5, 0.6) is 0 Å². The molecule has 3 aromatic rings. The van der Waals surface area contributed by atoms with Crippen LogP contribution in [0.15, 0.2) is 60.8 Å². The molecule has 0 fully saturated rings. The van der Waals surface area contributed by atoms with Crippen molar-refractivity contribution in [3.63, 3.8) is 0 Å². The molecular formula is C18H17Cl2N3. The van der Waals surface area contributed by atoms with E-state index in [1.807, 2.05) is 55.6 Å². The van der Waals surface area contributed by atoms with E-state index in [1.165, 1.54) is 5.56 Å². The predicted molar refractivity (Wildman–Crippen MR) is 93.9 cm³/mol. The van der Waals surface area contributed by atoms with Crippen LogP contribution in [0.1, 0.15) is 23.7 Å². The Morgan fingerprint density at radius 1 is 1.04 bits per heavy atom. The molecule has 1 aromatic heterocycles. The van der Waals surface area contributed by atoms with Gasteiger partial charge in [0.2, 0.25) is 0 Å². The van der Waals surface area contributed by atoms with E-state index in [1.54, 1.807) is 4.68 Å². The molecule has 0 amide bonds. The van der Waals surface area contributed by atoms with Gasteiger partial charge >= 0.3 is 0 Å². The van der Waals surface area contributed by atoms with E-state index in [0.29, 0.717) is 11.6 Å². The van der Waals surface area contributed by atoms with Crippen molar-refractivity contribution in [2.75, 3.05) is 0 Å². The maximum absolute atomic E-state index is 6.69. The van der Waals surface area contributed by atoms with Gasteiger partial charge in [0.15, 0.2) is 0 Å². The Balaban J connectivity index is 1.72. The third-order valence-corrected chi connectivity index (χ3v) is 4.31. The topological polar surface area (TPSA) is 30.7 Å². The zero-order valence-corrected chi connectivity index (χ0v) is 14.3. The third kappa shape index (κ3) is 4.12. The molecule has 118 valence electrons. The number of alkyl halides is 1. The molecule has 23 heavy (non-hydrogen) atoms. The van der Waals surface area contributed by atoms with Crippen LogP contribution >= 0.6 is 23.2 Å². The number of halogens is 2. The summed E-state index contributed by atoms with van der Waals surface area (Å²) in [5.41, 5.74) is 3.15. The maximum atomic E-state index is 6.69. The summed E-state index contributed by atoms with van der Waals surface area (Å²) in [7, 11) is 0. The Morgan fingerprint density at radius 3 is 2.43 bits per heavy atom. The lowest BCUT2D eigenvalue weighted by molar-refractivity contribution is 0.485. The quantitative estimate of drug-likeness (QED) is 0.628. The second kappa shape index (κ2) is 6.73. The van der Waals surface area contributed by atoms with Crippen LogP contribution in [0.25, 0.3) is 0 Å². The third-order valence-electron chi connectivity index (χ3n) is 3.72. The smallest absolute Gasteiger partial charge is 0.0870 e. The molecule has 0 bridgehead atoms. The van der Waals surface area contributed by atoms with Gasteiger partial charge in [-0.2, -0.15) is 0 Å². The second-order valence-corrected chi connectivity index (χ2v) is 7.04. The van der Waals surface area contributed by atoms with Crippen molar-refractivity contribution >= 4 is 23.2 Å². The molecule has 0 N–H and O–H groups in total. The van der Waals surface area contributed by atoms with Gasteiger partial charge in [0.05, 0.1) is 17.1 Å². The van der Waals surface area contributed by atoms with Crippen molar-refractivity contribution in [2.24, 2.45) is 0 Å². The standard InChI is InChI=1S/C18H17Cl2N3/c1-18(20,15-7-9-16(19)10-8-15)13-23-12-17(21-22-23)11-14-5-3-2-4-6-14/h2-10,12H,11,13H2,1H3.